The van der Waals surface area contributed by atoms with Crippen LogP contribution in [0.2, 0.25) is 0 Å². The monoisotopic (exact) mass is 446 g/mol. The van der Waals surface area contributed by atoms with Gasteiger partial charge < -0.3 is 19.1 Å². The quantitative estimate of drug-likeness (QED) is 0.397. The molecule has 3 aromatic heterocycles. The van der Waals surface area contributed by atoms with E-state index in [1.54, 1.807) is 18.4 Å². The number of methoxy groups -OCH3 is 1. The second-order valence-corrected chi connectivity index (χ2v) is 9.37. The summed E-state index contributed by atoms with van der Waals surface area (Å²) in [5.74, 6) is 0.885. The Labute approximate surface area is 193 Å². The number of likely N-dealkylation sites (N-methyl/N-ethyl adjacent to an activating group) is 1. The molecule has 0 radical (unpaired) electrons. The number of aromatic nitrogens is 2. The van der Waals surface area contributed by atoms with Crippen molar-refractivity contribution in [3.05, 3.63) is 59.7 Å². The first-order valence-corrected chi connectivity index (χ1v) is 12.2. The molecule has 0 spiro atoms. The van der Waals surface area contributed by atoms with Crippen LogP contribution in [0.3, 0.4) is 0 Å². The Bertz CT molecular complexity index is 1180. The minimum absolute atomic E-state index is 0.885. The molecule has 1 aliphatic rings. The summed E-state index contributed by atoms with van der Waals surface area (Å²) in [5, 5.41) is 5.50. The number of piperazine rings is 1. The van der Waals surface area contributed by atoms with Crippen molar-refractivity contribution in [1.82, 2.24) is 19.4 Å². The fourth-order valence-corrected chi connectivity index (χ4v) is 5.19. The van der Waals surface area contributed by atoms with Crippen LogP contribution in [-0.2, 0) is 6.54 Å². The van der Waals surface area contributed by atoms with Gasteiger partial charge in [-0.1, -0.05) is 0 Å². The molecule has 32 heavy (non-hydrogen) atoms. The molecule has 1 aliphatic heterocycles. The smallest absolute Gasteiger partial charge is 0.119 e. The molecule has 0 saturated carbocycles. The maximum absolute atomic E-state index is 5.54. The number of thiophene rings is 1. The zero-order valence-corrected chi connectivity index (χ0v) is 19.6. The SMILES string of the molecule is COc1ccc2c(c1)c(-c1cncc(-c3ccsc3)c1)cn2CCCN1CCN(C)CC1. The molecule has 0 aliphatic carbocycles. The molecule has 0 atom stereocenters. The zero-order valence-electron chi connectivity index (χ0n) is 18.8. The van der Waals surface area contributed by atoms with Crippen LogP contribution in [0, 0.1) is 0 Å². The zero-order chi connectivity index (χ0) is 21.9. The molecule has 1 saturated heterocycles. The maximum Gasteiger partial charge on any atom is 0.119 e. The van der Waals surface area contributed by atoms with Gasteiger partial charge in [0, 0.05) is 78.9 Å². The number of rotatable bonds is 7. The fraction of sp³-hybridized carbons (Fsp3) is 0.346. The van der Waals surface area contributed by atoms with E-state index in [4.69, 9.17) is 4.74 Å². The Morgan fingerprint density at radius 2 is 1.81 bits per heavy atom. The molecule has 4 aromatic rings. The Kier molecular flexibility index (Phi) is 6.26. The molecule has 0 amide bonds. The minimum Gasteiger partial charge on any atom is -0.497 e. The van der Waals surface area contributed by atoms with Gasteiger partial charge in [0.05, 0.1) is 7.11 Å². The largest absolute Gasteiger partial charge is 0.497 e. The van der Waals surface area contributed by atoms with Crippen LogP contribution >= 0.6 is 11.3 Å². The van der Waals surface area contributed by atoms with Gasteiger partial charge in [0.25, 0.3) is 0 Å². The fourth-order valence-electron chi connectivity index (χ4n) is 4.53. The van der Waals surface area contributed by atoms with Gasteiger partial charge in [-0.05, 0) is 66.7 Å². The predicted octanol–water partition coefficient (Wildman–Crippen LogP) is 5.08. The van der Waals surface area contributed by atoms with Crippen LogP contribution in [0.4, 0.5) is 0 Å². The summed E-state index contributed by atoms with van der Waals surface area (Å²) in [5.41, 5.74) is 5.98. The van der Waals surface area contributed by atoms with Gasteiger partial charge in [-0.25, -0.2) is 0 Å². The lowest BCUT2D eigenvalue weighted by Crippen LogP contribution is -2.44. The number of hydrogen-bond acceptors (Lipinski definition) is 5. The lowest BCUT2D eigenvalue weighted by molar-refractivity contribution is 0.151. The Morgan fingerprint density at radius 3 is 2.59 bits per heavy atom. The third-order valence-electron chi connectivity index (χ3n) is 6.46. The van der Waals surface area contributed by atoms with Crippen molar-refractivity contribution >= 4 is 22.2 Å². The van der Waals surface area contributed by atoms with Crippen molar-refractivity contribution in [2.75, 3.05) is 46.9 Å². The highest BCUT2D eigenvalue weighted by atomic mass is 32.1. The van der Waals surface area contributed by atoms with E-state index in [1.165, 1.54) is 48.2 Å². The van der Waals surface area contributed by atoms with E-state index in [9.17, 15) is 0 Å². The van der Waals surface area contributed by atoms with E-state index in [-0.39, 0.29) is 0 Å². The summed E-state index contributed by atoms with van der Waals surface area (Å²) < 4.78 is 7.94. The van der Waals surface area contributed by atoms with Crippen molar-refractivity contribution in [3.63, 3.8) is 0 Å². The van der Waals surface area contributed by atoms with Crippen molar-refractivity contribution in [1.29, 1.82) is 0 Å². The second kappa shape index (κ2) is 9.45. The van der Waals surface area contributed by atoms with E-state index in [2.05, 4.69) is 73.7 Å². The molecule has 0 unspecified atom stereocenters. The number of ether oxygens (including phenoxy) is 1. The molecule has 4 heterocycles. The lowest BCUT2D eigenvalue weighted by Gasteiger charge is -2.32. The summed E-state index contributed by atoms with van der Waals surface area (Å²) >= 11 is 1.71. The van der Waals surface area contributed by atoms with Crippen LogP contribution in [-0.4, -0.2) is 66.2 Å². The average Bonchev–Trinajstić information content (AvgIpc) is 3.49. The highest BCUT2D eigenvalue weighted by Crippen LogP contribution is 2.35. The lowest BCUT2D eigenvalue weighted by atomic mass is 10.0. The van der Waals surface area contributed by atoms with Crippen molar-refractivity contribution < 1.29 is 4.74 Å². The standard InChI is InChI=1S/C26H30N4OS/c1-28-9-11-29(12-10-28)7-3-8-30-18-25(24-15-23(31-2)4-5-26(24)30)22-14-21(16-27-17-22)20-6-13-32-19-20/h4-6,13-19H,3,7-12H2,1-2H3. The van der Waals surface area contributed by atoms with E-state index in [1.807, 2.05) is 12.4 Å². The van der Waals surface area contributed by atoms with Gasteiger partial charge in [0.2, 0.25) is 0 Å². The topological polar surface area (TPSA) is 33.5 Å². The Morgan fingerprint density at radius 1 is 0.969 bits per heavy atom. The van der Waals surface area contributed by atoms with Gasteiger partial charge in [0.1, 0.15) is 5.75 Å². The van der Waals surface area contributed by atoms with Crippen LogP contribution in [0.5, 0.6) is 5.75 Å². The molecule has 1 fully saturated rings. The minimum atomic E-state index is 0.885. The maximum atomic E-state index is 5.54. The average molecular weight is 447 g/mol. The first-order valence-electron chi connectivity index (χ1n) is 11.3. The molecule has 166 valence electrons. The highest BCUT2D eigenvalue weighted by molar-refractivity contribution is 7.08. The number of aryl methyl sites for hydroxylation is 1. The summed E-state index contributed by atoms with van der Waals surface area (Å²) in [6.07, 6.45) is 7.36. The number of pyridine rings is 1. The van der Waals surface area contributed by atoms with Crippen LogP contribution < -0.4 is 4.74 Å². The van der Waals surface area contributed by atoms with Crippen LogP contribution in [0.1, 0.15) is 6.42 Å². The van der Waals surface area contributed by atoms with Crippen molar-refractivity contribution in [2.45, 2.75) is 13.0 Å². The molecule has 0 bridgehead atoms. The van der Waals surface area contributed by atoms with Gasteiger partial charge in [-0.15, -0.1) is 0 Å². The number of benzene rings is 1. The number of nitrogens with zero attached hydrogens (tertiary/aromatic N) is 4. The van der Waals surface area contributed by atoms with Gasteiger partial charge >= 0.3 is 0 Å². The van der Waals surface area contributed by atoms with E-state index >= 15 is 0 Å². The highest BCUT2D eigenvalue weighted by Gasteiger charge is 2.15. The first kappa shape index (κ1) is 21.2. The van der Waals surface area contributed by atoms with E-state index < -0.39 is 0 Å². The summed E-state index contributed by atoms with van der Waals surface area (Å²) in [6.45, 7) is 6.84. The Hall–Kier alpha value is -2.67. The van der Waals surface area contributed by atoms with Crippen molar-refractivity contribution in [2.24, 2.45) is 0 Å². The van der Waals surface area contributed by atoms with Crippen LogP contribution in [0.15, 0.2) is 59.7 Å². The molecule has 5 rings (SSSR count). The number of hydrogen-bond donors (Lipinski definition) is 0. The molecule has 0 N–H and O–H groups in total. The summed E-state index contributed by atoms with van der Waals surface area (Å²) in [7, 11) is 3.94. The summed E-state index contributed by atoms with van der Waals surface area (Å²) in [4.78, 5) is 9.56. The molecule has 5 nitrogen and oxygen atoms in total. The molecular weight excluding hydrogens is 416 g/mol. The van der Waals surface area contributed by atoms with Crippen LogP contribution in [0.25, 0.3) is 33.2 Å². The second-order valence-electron chi connectivity index (χ2n) is 8.59. The third-order valence-corrected chi connectivity index (χ3v) is 7.14. The third kappa shape index (κ3) is 4.44. The van der Waals surface area contributed by atoms with Gasteiger partial charge in [-0.3, -0.25) is 4.98 Å². The molecular formula is C26H30N4OS. The van der Waals surface area contributed by atoms with Gasteiger partial charge in [-0.2, -0.15) is 11.3 Å². The van der Waals surface area contributed by atoms with E-state index in [0.29, 0.717) is 0 Å². The van der Waals surface area contributed by atoms with Gasteiger partial charge in [0.15, 0.2) is 0 Å². The normalized spacial score (nSPS) is 15.4. The molecule has 6 heteroatoms. The summed E-state index contributed by atoms with van der Waals surface area (Å²) in [6, 6.07) is 10.8. The van der Waals surface area contributed by atoms with E-state index in [0.717, 1.165) is 36.4 Å². The Balaban J connectivity index is 1.43. The number of fused-ring (bicyclic) bond motifs is 1. The predicted molar refractivity (Wildman–Crippen MR) is 134 cm³/mol. The molecule has 1 aromatic carbocycles. The first-order chi connectivity index (χ1) is 15.7. The van der Waals surface area contributed by atoms with Crippen molar-refractivity contribution in [3.8, 4) is 28.0 Å².